The van der Waals surface area contributed by atoms with Gasteiger partial charge >= 0.3 is 18.3 Å². The number of likely N-dealkylation sites (tertiary alicyclic amines) is 1. The van der Waals surface area contributed by atoms with Crippen LogP contribution in [-0.2, 0) is 26.6 Å². The van der Waals surface area contributed by atoms with Crippen molar-refractivity contribution in [2.45, 2.75) is 57.2 Å². The molecule has 5 nitrogen and oxygen atoms in total. The largest absolute Gasteiger partial charge is 0.481 e. The fraction of sp³-hybridized carbons (Fsp3) is 0.552. The number of alkyl halides is 6. The van der Waals surface area contributed by atoms with Crippen molar-refractivity contribution < 1.29 is 45.7 Å². The molecule has 0 aromatic heterocycles. The number of hydrogen-bond acceptors (Lipinski definition) is 4. The van der Waals surface area contributed by atoms with E-state index in [1.54, 1.807) is 6.92 Å². The molecule has 4 rings (SSSR count). The first-order valence-corrected chi connectivity index (χ1v) is 13.2. The van der Waals surface area contributed by atoms with Crippen LogP contribution in [0.1, 0.15) is 61.0 Å². The number of piperidine rings is 1. The fourth-order valence-corrected chi connectivity index (χ4v) is 5.86. The summed E-state index contributed by atoms with van der Waals surface area (Å²) in [7, 11) is 0. The second-order valence-electron chi connectivity index (χ2n) is 11.1. The number of rotatable bonds is 7. The molecule has 2 aromatic rings. The molecule has 0 aliphatic carbocycles. The van der Waals surface area contributed by atoms with E-state index < -0.39 is 47.1 Å². The van der Waals surface area contributed by atoms with Crippen molar-refractivity contribution in [2.24, 2.45) is 11.3 Å². The predicted octanol–water partition coefficient (Wildman–Crippen LogP) is 6.79. The van der Waals surface area contributed by atoms with E-state index in [4.69, 9.17) is 9.47 Å². The zero-order valence-electron chi connectivity index (χ0n) is 22.3. The van der Waals surface area contributed by atoms with Crippen LogP contribution in [0.25, 0.3) is 0 Å². The molecule has 2 saturated heterocycles. The van der Waals surface area contributed by atoms with E-state index in [1.807, 2.05) is 30.3 Å². The molecular formula is C29H33F6NO4. The van der Waals surface area contributed by atoms with Crippen LogP contribution in [0.4, 0.5) is 26.3 Å². The summed E-state index contributed by atoms with van der Waals surface area (Å²) in [5, 5.41) is 9.73. The molecule has 1 unspecified atom stereocenters. The van der Waals surface area contributed by atoms with E-state index in [-0.39, 0.29) is 30.1 Å². The van der Waals surface area contributed by atoms with Crippen molar-refractivity contribution in [1.29, 1.82) is 0 Å². The van der Waals surface area contributed by atoms with Crippen molar-refractivity contribution in [3.05, 3.63) is 70.8 Å². The maximum absolute atomic E-state index is 13.5. The van der Waals surface area contributed by atoms with E-state index >= 15 is 0 Å². The summed E-state index contributed by atoms with van der Waals surface area (Å²) in [6.07, 6.45) is -10.4. The second-order valence-corrected chi connectivity index (χ2v) is 11.1. The van der Waals surface area contributed by atoms with Gasteiger partial charge in [-0.3, -0.25) is 4.79 Å². The Balaban J connectivity index is 1.61. The van der Waals surface area contributed by atoms with Gasteiger partial charge in [-0.05, 0) is 62.6 Å². The zero-order valence-corrected chi connectivity index (χ0v) is 22.3. The van der Waals surface area contributed by atoms with E-state index in [9.17, 15) is 36.2 Å². The van der Waals surface area contributed by atoms with Gasteiger partial charge in [0.1, 0.15) is 0 Å². The Hall–Kier alpha value is -2.63. The van der Waals surface area contributed by atoms with Crippen LogP contribution >= 0.6 is 0 Å². The summed E-state index contributed by atoms with van der Waals surface area (Å²) < 4.78 is 92.8. The van der Waals surface area contributed by atoms with Crippen molar-refractivity contribution in [2.75, 3.05) is 32.8 Å². The van der Waals surface area contributed by atoms with Crippen LogP contribution in [0, 0.1) is 11.3 Å². The molecule has 40 heavy (non-hydrogen) atoms. The van der Waals surface area contributed by atoms with Crippen molar-refractivity contribution in [3.63, 3.8) is 0 Å². The Morgan fingerprint density at radius 2 is 1.70 bits per heavy atom. The van der Waals surface area contributed by atoms with Crippen LogP contribution in [0.2, 0.25) is 0 Å². The van der Waals surface area contributed by atoms with Gasteiger partial charge in [0.15, 0.2) is 0 Å². The molecule has 220 valence electrons. The van der Waals surface area contributed by atoms with Gasteiger partial charge in [-0.15, -0.1) is 0 Å². The van der Waals surface area contributed by atoms with E-state index in [2.05, 4.69) is 4.90 Å². The van der Waals surface area contributed by atoms with Crippen LogP contribution in [0.15, 0.2) is 48.5 Å². The quantitative estimate of drug-likeness (QED) is 0.370. The molecule has 0 saturated carbocycles. The average molecular weight is 574 g/mol. The minimum atomic E-state index is -4.96. The Labute approximate surface area is 229 Å². The SMILES string of the molecule is CC(O[C@@H]1COC[C@@H](CN2CCC[C@@](C)(C(=O)O)C2)[C@@H]1c1ccccc1)c1cc(C(F)(F)F)cc(C(F)(F)F)c1. The minimum Gasteiger partial charge on any atom is -0.481 e. The Bertz CT molecular complexity index is 1140. The molecule has 5 atom stereocenters. The molecule has 0 spiro atoms. The maximum atomic E-state index is 13.5. The molecular weight excluding hydrogens is 540 g/mol. The van der Waals surface area contributed by atoms with E-state index in [0.717, 1.165) is 12.0 Å². The topological polar surface area (TPSA) is 59.0 Å². The number of carbonyl (C=O) groups is 1. The van der Waals surface area contributed by atoms with Crippen molar-refractivity contribution >= 4 is 5.97 Å². The number of nitrogens with zero attached hydrogens (tertiary/aromatic N) is 1. The summed E-state index contributed by atoms with van der Waals surface area (Å²) in [6.45, 7) is 5.22. The molecule has 0 bridgehead atoms. The summed E-state index contributed by atoms with van der Waals surface area (Å²) in [5.41, 5.74) is -2.98. The third kappa shape index (κ3) is 6.98. The molecule has 0 radical (unpaired) electrons. The van der Waals surface area contributed by atoms with E-state index in [1.165, 1.54) is 6.92 Å². The number of carboxylic acid groups (broad SMARTS) is 1. The van der Waals surface area contributed by atoms with Crippen LogP contribution < -0.4 is 0 Å². The average Bonchev–Trinajstić information content (AvgIpc) is 2.88. The second kappa shape index (κ2) is 11.7. The number of benzene rings is 2. The first kappa shape index (κ1) is 30.3. The Morgan fingerprint density at radius 1 is 1.07 bits per heavy atom. The molecule has 2 aromatic carbocycles. The van der Waals surface area contributed by atoms with Gasteiger partial charge in [-0.1, -0.05) is 30.3 Å². The lowest BCUT2D eigenvalue weighted by Crippen LogP contribution is -2.50. The third-order valence-electron chi connectivity index (χ3n) is 7.95. The lowest BCUT2D eigenvalue weighted by atomic mass is 9.78. The molecule has 2 aliphatic heterocycles. The lowest BCUT2D eigenvalue weighted by molar-refractivity contribution is -0.152. The summed E-state index contributed by atoms with van der Waals surface area (Å²) >= 11 is 0. The number of aliphatic carboxylic acids is 1. The molecule has 11 heteroatoms. The Kier molecular flexibility index (Phi) is 8.87. The van der Waals surface area contributed by atoms with Gasteiger partial charge in [-0.25, -0.2) is 0 Å². The summed E-state index contributed by atoms with van der Waals surface area (Å²) in [6, 6.07) is 10.9. The monoisotopic (exact) mass is 573 g/mol. The minimum absolute atomic E-state index is 0.103. The number of hydrogen-bond donors (Lipinski definition) is 1. The highest BCUT2D eigenvalue weighted by molar-refractivity contribution is 5.74. The van der Waals surface area contributed by atoms with Gasteiger partial charge in [0.2, 0.25) is 0 Å². The van der Waals surface area contributed by atoms with Gasteiger partial charge in [0.05, 0.1) is 42.0 Å². The van der Waals surface area contributed by atoms with Gasteiger partial charge in [0.25, 0.3) is 0 Å². The maximum Gasteiger partial charge on any atom is 0.416 e. The molecule has 2 heterocycles. The normalized spacial score (nSPS) is 27.4. The lowest BCUT2D eigenvalue weighted by Gasteiger charge is -2.44. The molecule has 2 aliphatic rings. The first-order chi connectivity index (χ1) is 18.7. The van der Waals surface area contributed by atoms with Gasteiger partial charge < -0.3 is 19.5 Å². The predicted molar refractivity (Wildman–Crippen MR) is 135 cm³/mol. The molecule has 2 fully saturated rings. The van der Waals surface area contributed by atoms with Crippen LogP contribution in [0.5, 0.6) is 0 Å². The van der Waals surface area contributed by atoms with Crippen molar-refractivity contribution in [1.82, 2.24) is 4.90 Å². The fourth-order valence-electron chi connectivity index (χ4n) is 5.86. The summed E-state index contributed by atoms with van der Waals surface area (Å²) in [5.74, 6) is -1.27. The molecule has 0 amide bonds. The molecule has 1 N–H and O–H groups in total. The van der Waals surface area contributed by atoms with Crippen molar-refractivity contribution in [3.8, 4) is 0 Å². The Morgan fingerprint density at radius 3 is 2.27 bits per heavy atom. The number of carboxylic acids is 1. The summed E-state index contributed by atoms with van der Waals surface area (Å²) in [4.78, 5) is 14.0. The number of halogens is 6. The van der Waals surface area contributed by atoms with Gasteiger partial charge in [0, 0.05) is 24.9 Å². The first-order valence-electron chi connectivity index (χ1n) is 13.2. The highest BCUT2D eigenvalue weighted by Crippen LogP contribution is 2.41. The standard InChI is InChI=1S/C29H33F6NO4/c1-18(20-11-22(28(30,31)32)13-23(12-20)29(33,34)35)40-24-16-39-15-21(25(24)19-7-4-3-5-8-19)14-36-10-6-9-27(2,17-36)26(37)38/h3-5,7-8,11-13,18,21,24-25H,6,9-10,14-17H2,1-2H3,(H,37,38)/t18?,21-,24-,25+,27-/m1/s1. The van der Waals surface area contributed by atoms with Gasteiger partial charge in [-0.2, -0.15) is 26.3 Å². The third-order valence-corrected chi connectivity index (χ3v) is 7.95. The highest BCUT2D eigenvalue weighted by Gasteiger charge is 2.43. The van der Waals surface area contributed by atoms with Crippen LogP contribution in [0.3, 0.4) is 0 Å². The van der Waals surface area contributed by atoms with E-state index in [0.29, 0.717) is 44.8 Å². The number of ether oxygens (including phenoxy) is 2. The smallest absolute Gasteiger partial charge is 0.416 e. The highest BCUT2D eigenvalue weighted by atomic mass is 19.4. The zero-order chi connectivity index (χ0) is 29.3. The van der Waals surface area contributed by atoms with Crippen LogP contribution in [-0.4, -0.2) is 54.9 Å².